The summed E-state index contributed by atoms with van der Waals surface area (Å²) < 4.78 is 0. The van der Waals surface area contributed by atoms with Crippen molar-refractivity contribution in [1.29, 1.82) is 0 Å². The molecule has 0 heterocycles. The molecule has 0 amide bonds. The van der Waals surface area contributed by atoms with E-state index in [9.17, 15) is 0 Å². The molecule has 0 atom stereocenters. The van der Waals surface area contributed by atoms with Gasteiger partial charge in [-0.25, -0.2) is 0 Å². The van der Waals surface area contributed by atoms with E-state index in [1.807, 2.05) is 12.1 Å². The molecule has 0 spiro atoms. The Morgan fingerprint density at radius 1 is 1.25 bits per heavy atom. The average Bonchev–Trinajstić information content (AvgIpc) is 2.07. The number of hydrogen-bond donors (Lipinski definition) is 3. The number of aliphatic hydroxyl groups is 1. The highest BCUT2D eigenvalue weighted by atomic mass is 32.2. The molecule has 12 heavy (non-hydrogen) atoms. The van der Waals surface area contributed by atoms with Crippen LogP contribution in [0.2, 0.25) is 0 Å². The molecule has 0 aliphatic heterocycles. The standard InChI is InChI=1S/C8H12N2OS/c9-7-2-1-6(5-8(7)10)12-4-3-11/h1-2,5,11H,3-4,9-10H2. The predicted octanol–water partition coefficient (Wildman–Crippen LogP) is 0.935. The van der Waals surface area contributed by atoms with Gasteiger partial charge in [0, 0.05) is 10.6 Å². The fourth-order valence-electron chi connectivity index (χ4n) is 0.806. The second kappa shape index (κ2) is 4.23. The zero-order chi connectivity index (χ0) is 8.97. The van der Waals surface area contributed by atoms with Crippen LogP contribution >= 0.6 is 11.8 Å². The lowest BCUT2D eigenvalue weighted by molar-refractivity contribution is 0.322. The second-order valence-corrected chi connectivity index (χ2v) is 3.53. The number of rotatable bonds is 3. The quantitative estimate of drug-likeness (QED) is 0.483. The minimum Gasteiger partial charge on any atom is -0.397 e. The van der Waals surface area contributed by atoms with Crippen molar-refractivity contribution >= 4 is 23.1 Å². The second-order valence-electron chi connectivity index (χ2n) is 2.36. The summed E-state index contributed by atoms with van der Waals surface area (Å²) in [5, 5.41) is 8.57. The molecule has 0 fully saturated rings. The molecule has 1 aromatic rings. The van der Waals surface area contributed by atoms with E-state index in [0.717, 1.165) is 4.90 Å². The summed E-state index contributed by atoms with van der Waals surface area (Å²) in [6.45, 7) is 0.176. The van der Waals surface area contributed by atoms with E-state index >= 15 is 0 Å². The first-order chi connectivity index (χ1) is 5.74. The predicted molar refractivity (Wildman–Crippen MR) is 53.1 cm³/mol. The number of aliphatic hydroxyl groups excluding tert-OH is 1. The highest BCUT2D eigenvalue weighted by Crippen LogP contribution is 2.23. The average molecular weight is 184 g/mol. The molecule has 0 saturated heterocycles. The lowest BCUT2D eigenvalue weighted by Gasteiger charge is -2.02. The third-order valence-corrected chi connectivity index (χ3v) is 2.39. The van der Waals surface area contributed by atoms with Gasteiger partial charge in [-0.1, -0.05) is 0 Å². The van der Waals surface area contributed by atoms with Crippen LogP contribution in [0, 0.1) is 0 Å². The van der Waals surface area contributed by atoms with Gasteiger partial charge in [-0.15, -0.1) is 11.8 Å². The molecular weight excluding hydrogens is 172 g/mol. The minimum atomic E-state index is 0.176. The number of hydrogen-bond acceptors (Lipinski definition) is 4. The SMILES string of the molecule is Nc1ccc(SCCO)cc1N. The van der Waals surface area contributed by atoms with Crippen molar-refractivity contribution in [3.8, 4) is 0 Å². The molecule has 1 aromatic carbocycles. The molecule has 0 aliphatic carbocycles. The Morgan fingerprint density at radius 3 is 2.58 bits per heavy atom. The molecular formula is C8H12N2OS. The smallest absolute Gasteiger partial charge is 0.0559 e. The van der Waals surface area contributed by atoms with Crippen molar-refractivity contribution < 1.29 is 5.11 Å². The fraction of sp³-hybridized carbons (Fsp3) is 0.250. The monoisotopic (exact) mass is 184 g/mol. The maximum absolute atomic E-state index is 8.57. The van der Waals surface area contributed by atoms with E-state index in [1.54, 1.807) is 17.8 Å². The lowest BCUT2D eigenvalue weighted by atomic mass is 10.3. The highest BCUT2D eigenvalue weighted by molar-refractivity contribution is 7.99. The van der Waals surface area contributed by atoms with Crippen molar-refractivity contribution in [3.63, 3.8) is 0 Å². The van der Waals surface area contributed by atoms with Gasteiger partial charge in [0.25, 0.3) is 0 Å². The van der Waals surface area contributed by atoms with Crippen molar-refractivity contribution in [3.05, 3.63) is 18.2 Å². The first kappa shape index (κ1) is 9.22. The lowest BCUT2D eigenvalue weighted by Crippen LogP contribution is -1.94. The molecule has 4 heteroatoms. The van der Waals surface area contributed by atoms with Gasteiger partial charge < -0.3 is 16.6 Å². The van der Waals surface area contributed by atoms with E-state index in [4.69, 9.17) is 16.6 Å². The maximum Gasteiger partial charge on any atom is 0.0559 e. The molecule has 0 unspecified atom stereocenters. The zero-order valence-corrected chi connectivity index (χ0v) is 7.47. The molecule has 0 radical (unpaired) electrons. The number of thioether (sulfide) groups is 1. The first-order valence-electron chi connectivity index (χ1n) is 3.62. The van der Waals surface area contributed by atoms with E-state index in [1.165, 1.54) is 0 Å². The molecule has 0 bridgehead atoms. The Balaban J connectivity index is 2.69. The Kier molecular flexibility index (Phi) is 3.25. The molecule has 66 valence electrons. The van der Waals surface area contributed by atoms with Crippen LogP contribution in [-0.4, -0.2) is 17.5 Å². The number of nitrogens with two attached hydrogens (primary N) is 2. The molecule has 5 N–H and O–H groups in total. The molecule has 1 rings (SSSR count). The molecule has 0 aromatic heterocycles. The van der Waals surface area contributed by atoms with Gasteiger partial charge in [-0.05, 0) is 18.2 Å². The van der Waals surface area contributed by atoms with Gasteiger partial charge >= 0.3 is 0 Å². The van der Waals surface area contributed by atoms with Gasteiger partial charge in [0.05, 0.1) is 18.0 Å². The highest BCUT2D eigenvalue weighted by Gasteiger charge is 1.96. The van der Waals surface area contributed by atoms with Crippen molar-refractivity contribution in [2.45, 2.75) is 4.90 Å². The number of anilines is 2. The van der Waals surface area contributed by atoms with Crippen LogP contribution in [0.3, 0.4) is 0 Å². The van der Waals surface area contributed by atoms with Gasteiger partial charge in [0.15, 0.2) is 0 Å². The third kappa shape index (κ3) is 2.32. The summed E-state index contributed by atoms with van der Waals surface area (Å²) in [6, 6.07) is 5.48. The van der Waals surface area contributed by atoms with Crippen LogP contribution < -0.4 is 11.5 Å². The maximum atomic E-state index is 8.57. The summed E-state index contributed by atoms with van der Waals surface area (Å²) in [7, 11) is 0. The van der Waals surface area contributed by atoms with E-state index in [2.05, 4.69) is 0 Å². The normalized spacial score (nSPS) is 10.1. The Hall–Kier alpha value is -0.870. The van der Waals surface area contributed by atoms with Crippen LogP contribution in [0.1, 0.15) is 0 Å². The van der Waals surface area contributed by atoms with Crippen LogP contribution in [0.5, 0.6) is 0 Å². The Bertz CT molecular complexity index is 265. The summed E-state index contributed by atoms with van der Waals surface area (Å²) in [5.41, 5.74) is 12.3. The fourth-order valence-corrected chi connectivity index (χ4v) is 1.51. The first-order valence-corrected chi connectivity index (χ1v) is 4.61. The van der Waals surface area contributed by atoms with Crippen LogP contribution in [0.4, 0.5) is 11.4 Å². The largest absolute Gasteiger partial charge is 0.397 e. The van der Waals surface area contributed by atoms with Crippen molar-refractivity contribution in [2.24, 2.45) is 0 Å². The van der Waals surface area contributed by atoms with Gasteiger partial charge in [-0.3, -0.25) is 0 Å². The Morgan fingerprint density at radius 2 is 2.00 bits per heavy atom. The molecule has 3 nitrogen and oxygen atoms in total. The van der Waals surface area contributed by atoms with Crippen LogP contribution in [0.15, 0.2) is 23.1 Å². The zero-order valence-electron chi connectivity index (χ0n) is 6.66. The van der Waals surface area contributed by atoms with E-state index in [0.29, 0.717) is 17.1 Å². The van der Waals surface area contributed by atoms with Crippen molar-refractivity contribution in [1.82, 2.24) is 0 Å². The minimum absolute atomic E-state index is 0.176. The van der Waals surface area contributed by atoms with Crippen LogP contribution in [-0.2, 0) is 0 Å². The summed E-state index contributed by atoms with van der Waals surface area (Å²) in [4.78, 5) is 1.04. The molecule has 0 aliphatic rings. The van der Waals surface area contributed by atoms with E-state index in [-0.39, 0.29) is 6.61 Å². The van der Waals surface area contributed by atoms with E-state index < -0.39 is 0 Å². The van der Waals surface area contributed by atoms with Gasteiger partial charge in [0.2, 0.25) is 0 Å². The summed E-state index contributed by atoms with van der Waals surface area (Å²) >= 11 is 1.56. The van der Waals surface area contributed by atoms with Crippen LogP contribution in [0.25, 0.3) is 0 Å². The third-order valence-electron chi connectivity index (χ3n) is 1.42. The van der Waals surface area contributed by atoms with Gasteiger partial charge in [0.1, 0.15) is 0 Å². The number of benzene rings is 1. The molecule has 0 saturated carbocycles. The Labute approximate surface area is 75.8 Å². The topological polar surface area (TPSA) is 72.3 Å². The number of nitrogen functional groups attached to an aromatic ring is 2. The van der Waals surface area contributed by atoms with Crippen molar-refractivity contribution in [2.75, 3.05) is 23.8 Å². The summed E-state index contributed by atoms with van der Waals surface area (Å²) in [5.74, 6) is 0.684. The summed E-state index contributed by atoms with van der Waals surface area (Å²) in [6.07, 6.45) is 0. The van der Waals surface area contributed by atoms with Gasteiger partial charge in [-0.2, -0.15) is 0 Å².